The van der Waals surface area contributed by atoms with Crippen molar-refractivity contribution < 1.29 is 22.7 Å². The number of ether oxygens (including phenoxy) is 1. The van der Waals surface area contributed by atoms with E-state index in [1.54, 1.807) is 19.2 Å². The topological polar surface area (TPSA) is 68.2 Å². The maximum absolute atomic E-state index is 12.5. The van der Waals surface area contributed by atoms with Crippen LogP contribution in [0.15, 0.2) is 42.5 Å². The lowest BCUT2D eigenvalue weighted by Crippen LogP contribution is -2.29. The van der Waals surface area contributed by atoms with E-state index in [1.807, 2.05) is 6.07 Å². The second-order valence-corrected chi connectivity index (χ2v) is 9.85. The summed E-state index contributed by atoms with van der Waals surface area (Å²) >= 11 is 0. The highest BCUT2D eigenvalue weighted by atomic mass is 19.4. The molecule has 34 heavy (non-hydrogen) atoms. The molecule has 1 aliphatic rings. The third-order valence-electron chi connectivity index (χ3n) is 6.25. The number of halogens is 3. The number of hydrogen-bond acceptors (Lipinski definition) is 4. The first-order valence-electron chi connectivity index (χ1n) is 11.3. The SMILES string of the molecule is CNC(=O)c1ccc2c(c1)nc(Nc1ccc(OC(F)(F)F)cc1)n2[C@@H]1C[C@H](C)CC(C)(C)C1. The first-order chi connectivity index (χ1) is 15.9. The van der Waals surface area contributed by atoms with Crippen molar-refractivity contribution in [2.75, 3.05) is 12.4 Å². The lowest BCUT2D eigenvalue weighted by atomic mass is 9.70. The number of hydrogen-bond donors (Lipinski definition) is 2. The molecule has 4 rings (SSSR count). The zero-order chi connectivity index (χ0) is 24.7. The van der Waals surface area contributed by atoms with Gasteiger partial charge in [0.15, 0.2) is 0 Å². The summed E-state index contributed by atoms with van der Waals surface area (Å²) in [4.78, 5) is 16.9. The molecular weight excluding hydrogens is 445 g/mol. The van der Waals surface area contributed by atoms with Crippen LogP contribution < -0.4 is 15.4 Å². The Hall–Kier alpha value is -3.23. The second kappa shape index (κ2) is 8.85. The first-order valence-corrected chi connectivity index (χ1v) is 11.3. The monoisotopic (exact) mass is 474 g/mol. The average Bonchev–Trinajstić information content (AvgIpc) is 3.09. The highest BCUT2D eigenvalue weighted by Gasteiger charge is 2.35. The van der Waals surface area contributed by atoms with Gasteiger partial charge in [-0.25, -0.2) is 4.98 Å². The van der Waals surface area contributed by atoms with Gasteiger partial charge in [0.2, 0.25) is 5.95 Å². The number of carbonyl (C=O) groups excluding carboxylic acids is 1. The van der Waals surface area contributed by atoms with Crippen LogP contribution in [0.1, 0.15) is 56.4 Å². The molecule has 0 radical (unpaired) electrons. The summed E-state index contributed by atoms with van der Waals surface area (Å²) in [5.74, 6) is 0.634. The van der Waals surface area contributed by atoms with Gasteiger partial charge in [-0.2, -0.15) is 0 Å². The Kier molecular flexibility index (Phi) is 6.22. The number of amides is 1. The predicted molar refractivity (Wildman–Crippen MR) is 125 cm³/mol. The maximum Gasteiger partial charge on any atom is 0.573 e. The highest BCUT2D eigenvalue weighted by Crippen LogP contribution is 2.46. The maximum atomic E-state index is 12.5. The Balaban J connectivity index is 1.73. The fourth-order valence-corrected chi connectivity index (χ4v) is 5.20. The van der Waals surface area contributed by atoms with Crippen LogP contribution in [-0.4, -0.2) is 28.9 Å². The van der Waals surface area contributed by atoms with Gasteiger partial charge in [-0.3, -0.25) is 4.79 Å². The molecule has 1 aliphatic carbocycles. The van der Waals surface area contributed by atoms with E-state index in [1.165, 1.54) is 24.3 Å². The Morgan fingerprint density at radius 3 is 2.47 bits per heavy atom. The van der Waals surface area contributed by atoms with Gasteiger partial charge in [-0.1, -0.05) is 20.8 Å². The largest absolute Gasteiger partial charge is 0.573 e. The van der Waals surface area contributed by atoms with Gasteiger partial charge in [0.1, 0.15) is 5.75 Å². The fourth-order valence-electron chi connectivity index (χ4n) is 5.20. The highest BCUT2D eigenvalue weighted by molar-refractivity contribution is 5.97. The molecule has 6 nitrogen and oxygen atoms in total. The number of benzene rings is 2. The van der Waals surface area contributed by atoms with Gasteiger partial charge < -0.3 is 19.9 Å². The van der Waals surface area contributed by atoms with Crippen LogP contribution in [0.25, 0.3) is 11.0 Å². The average molecular weight is 475 g/mol. The van der Waals surface area contributed by atoms with Crippen molar-refractivity contribution in [2.24, 2.45) is 11.3 Å². The Bertz CT molecular complexity index is 1190. The van der Waals surface area contributed by atoms with E-state index >= 15 is 0 Å². The van der Waals surface area contributed by atoms with E-state index < -0.39 is 6.36 Å². The summed E-state index contributed by atoms with van der Waals surface area (Å²) in [6, 6.07) is 11.2. The van der Waals surface area contributed by atoms with Crippen LogP contribution in [0.3, 0.4) is 0 Å². The van der Waals surface area contributed by atoms with Crippen molar-refractivity contribution in [2.45, 2.75) is 52.4 Å². The molecule has 3 aromatic rings. The number of imidazole rings is 1. The van der Waals surface area contributed by atoms with Crippen LogP contribution in [0, 0.1) is 11.3 Å². The molecule has 0 bridgehead atoms. The third kappa shape index (κ3) is 5.29. The minimum Gasteiger partial charge on any atom is -0.406 e. The number of anilines is 2. The van der Waals surface area contributed by atoms with Gasteiger partial charge in [0.25, 0.3) is 5.91 Å². The van der Waals surface area contributed by atoms with E-state index in [2.05, 4.69) is 40.7 Å². The Morgan fingerprint density at radius 1 is 1.15 bits per heavy atom. The summed E-state index contributed by atoms with van der Waals surface area (Å²) in [6.45, 7) is 6.79. The molecule has 0 unspecified atom stereocenters. The van der Waals surface area contributed by atoms with Crippen molar-refractivity contribution >= 4 is 28.6 Å². The molecule has 0 spiro atoms. The summed E-state index contributed by atoms with van der Waals surface area (Å²) < 4.78 is 43.6. The molecule has 0 saturated heterocycles. The van der Waals surface area contributed by atoms with E-state index in [0.29, 0.717) is 28.6 Å². The molecule has 1 saturated carbocycles. The van der Waals surface area contributed by atoms with Crippen molar-refractivity contribution in [1.82, 2.24) is 14.9 Å². The Morgan fingerprint density at radius 2 is 1.85 bits per heavy atom. The summed E-state index contributed by atoms with van der Waals surface area (Å²) in [5.41, 5.74) is 2.84. The van der Waals surface area contributed by atoms with Gasteiger partial charge in [0, 0.05) is 24.3 Å². The summed E-state index contributed by atoms with van der Waals surface area (Å²) in [5, 5.41) is 5.90. The van der Waals surface area contributed by atoms with E-state index in [-0.39, 0.29) is 23.1 Å². The normalized spacial score (nSPS) is 20.2. The van der Waals surface area contributed by atoms with Crippen molar-refractivity contribution in [3.8, 4) is 5.75 Å². The summed E-state index contributed by atoms with van der Waals surface area (Å²) in [6.07, 6.45) is -1.65. The van der Waals surface area contributed by atoms with Crippen LogP contribution >= 0.6 is 0 Å². The number of alkyl halides is 3. The predicted octanol–water partition coefficient (Wildman–Crippen LogP) is 6.43. The number of fused-ring (bicyclic) bond motifs is 1. The van der Waals surface area contributed by atoms with Crippen molar-refractivity contribution in [3.63, 3.8) is 0 Å². The van der Waals surface area contributed by atoms with E-state index in [0.717, 1.165) is 24.8 Å². The zero-order valence-electron chi connectivity index (χ0n) is 19.7. The van der Waals surface area contributed by atoms with Gasteiger partial charge in [-0.05, 0) is 73.1 Å². The molecule has 1 aromatic heterocycles. The number of nitrogens with one attached hydrogen (secondary N) is 2. The Labute approximate surface area is 196 Å². The lowest BCUT2D eigenvalue weighted by Gasteiger charge is -2.40. The van der Waals surface area contributed by atoms with Crippen LogP contribution in [0.4, 0.5) is 24.8 Å². The van der Waals surface area contributed by atoms with Gasteiger partial charge in [0.05, 0.1) is 11.0 Å². The number of aromatic nitrogens is 2. The van der Waals surface area contributed by atoms with Gasteiger partial charge in [-0.15, -0.1) is 13.2 Å². The van der Waals surface area contributed by atoms with Crippen LogP contribution in [0.2, 0.25) is 0 Å². The molecule has 182 valence electrons. The number of rotatable bonds is 5. The third-order valence-corrected chi connectivity index (χ3v) is 6.25. The molecular formula is C25H29F3N4O2. The summed E-state index contributed by atoms with van der Waals surface area (Å²) in [7, 11) is 1.58. The van der Waals surface area contributed by atoms with E-state index in [4.69, 9.17) is 4.98 Å². The zero-order valence-corrected chi connectivity index (χ0v) is 19.7. The fraction of sp³-hybridized carbons (Fsp3) is 0.440. The standard InChI is InChI=1S/C25H29F3N4O2/c1-15-11-18(14-24(2,3)13-15)32-21-10-5-16(22(33)29-4)12-20(21)31-23(32)30-17-6-8-19(9-7-17)34-25(26,27)28/h5-10,12,15,18H,11,13-14H2,1-4H3,(H,29,33)(H,30,31)/t15-,18+/m0/s1. The molecule has 1 heterocycles. The minimum atomic E-state index is -4.74. The molecule has 1 amide bonds. The van der Waals surface area contributed by atoms with Crippen LogP contribution in [-0.2, 0) is 0 Å². The molecule has 1 fully saturated rings. The van der Waals surface area contributed by atoms with Gasteiger partial charge >= 0.3 is 6.36 Å². The van der Waals surface area contributed by atoms with E-state index in [9.17, 15) is 18.0 Å². The minimum absolute atomic E-state index is 0.162. The molecule has 9 heteroatoms. The molecule has 2 aromatic carbocycles. The molecule has 0 aliphatic heterocycles. The van der Waals surface area contributed by atoms with Crippen LogP contribution in [0.5, 0.6) is 5.75 Å². The van der Waals surface area contributed by atoms with Crippen molar-refractivity contribution in [1.29, 1.82) is 0 Å². The second-order valence-electron chi connectivity index (χ2n) is 9.85. The number of nitrogens with zero attached hydrogens (tertiary/aromatic N) is 2. The smallest absolute Gasteiger partial charge is 0.406 e. The lowest BCUT2D eigenvalue weighted by molar-refractivity contribution is -0.274. The van der Waals surface area contributed by atoms with Crippen molar-refractivity contribution in [3.05, 3.63) is 48.0 Å². The molecule has 2 N–H and O–H groups in total. The first kappa shape index (κ1) is 23.9. The quantitative estimate of drug-likeness (QED) is 0.447. The molecule has 2 atom stereocenters. The number of carbonyl (C=O) groups is 1.